The molecule has 3 aromatic carbocycles. The highest BCUT2D eigenvalue weighted by Gasteiger charge is 2.49. The fourth-order valence-corrected chi connectivity index (χ4v) is 6.65. The molecule has 0 bridgehead atoms. The summed E-state index contributed by atoms with van der Waals surface area (Å²) in [4.78, 5) is 14.1. The van der Waals surface area contributed by atoms with E-state index in [2.05, 4.69) is 0 Å². The zero-order chi connectivity index (χ0) is 26.2. The van der Waals surface area contributed by atoms with Crippen molar-refractivity contribution < 1.29 is 31.1 Å². The molecule has 0 radical (unpaired) electrons. The van der Waals surface area contributed by atoms with Gasteiger partial charge in [-0.2, -0.15) is 0 Å². The lowest BCUT2D eigenvalue weighted by atomic mass is 9.74. The number of likely N-dealkylation sites (tertiary alicyclic amines) is 1. The molecule has 0 unspecified atom stereocenters. The summed E-state index contributed by atoms with van der Waals surface area (Å²) in [7, 11) is -4.09. The van der Waals surface area contributed by atoms with Crippen LogP contribution in [-0.4, -0.2) is 39.0 Å². The fourth-order valence-electron chi connectivity index (χ4n) is 5.08. The molecule has 0 saturated carbocycles. The smallest absolute Gasteiger partial charge is 0.410 e. The van der Waals surface area contributed by atoms with Gasteiger partial charge < -0.3 is 9.64 Å². The van der Waals surface area contributed by atoms with Crippen LogP contribution >= 0.6 is 0 Å². The highest BCUT2D eigenvalue weighted by molar-refractivity contribution is 7.92. The molecular formula is C27H25F3N2O4S. The van der Waals surface area contributed by atoms with Crippen molar-refractivity contribution in [3.8, 4) is 0 Å². The SMILES string of the molecule is O=C(OCc1ccccc1)N1CCC2(CC1)CN(S(=O)(=O)c1ccc(C(F)F)cc1)c1ccc(F)cc12. The third-order valence-corrected chi connectivity index (χ3v) is 8.92. The van der Waals surface area contributed by atoms with E-state index in [-0.39, 0.29) is 23.6 Å². The molecule has 1 fully saturated rings. The molecule has 37 heavy (non-hydrogen) atoms. The van der Waals surface area contributed by atoms with E-state index < -0.39 is 33.8 Å². The van der Waals surface area contributed by atoms with E-state index in [1.54, 1.807) is 4.90 Å². The van der Waals surface area contributed by atoms with Gasteiger partial charge in [-0.3, -0.25) is 4.31 Å². The second-order valence-corrected chi connectivity index (χ2v) is 11.2. The van der Waals surface area contributed by atoms with Gasteiger partial charge in [-0.25, -0.2) is 26.4 Å². The molecule has 2 aliphatic rings. The number of halogens is 3. The van der Waals surface area contributed by atoms with Crippen molar-refractivity contribution in [3.05, 3.63) is 95.3 Å². The maximum atomic E-state index is 14.3. The van der Waals surface area contributed by atoms with Crippen LogP contribution in [0.25, 0.3) is 0 Å². The summed E-state index contributed by atoms with van der Waals surface area (Å²) < 4.78 is 74.0. The lowest BCUT2D eigenvalue weighted by Gasteiger charge is -2.39. The van der Waals surface area contributed by atoms with E-state index in [1.165, 1.54) is 22.5 Å². The minimum absolute atomic E-state index is 0.0671. The molecule has 2 aliphatic heterocycles. The standard InChI is InChI=1S/C27H25F3N2O4S/c28-21-8-11-24-23(16-21)27(18-32(24)37(34,35)22-9-6-20(7-10-22)25(29)30)12-14-31(15-13-27)26(33)36-17-19-4-2-1-3-5-19/h1-11,16,25H,12-15,17-18H2. The summed E-state index contributed by atoms with van der Waals surface area (Å²) in [6.07, 6.45) is -2.33. The van der Waals surface area contributed by atoms with Crippen LogP contribution < -0.4 is 4.31 Å². The summed E-state index contributed by atoms with van der Waals surface area (Å²) in [6, 6.07) is 17.8. The summed E-state index contributed by atoms with van der Waals surface area (Å²) >= 11 is 0. The predicted octanol–water partition coefficient (Wildman–Crippen LogP) is 5.64. The van der Waals surface area contributed by atoms with Crippen LogP contribution in [0, 0.1) is 5.82 Å². The van der Waals surface area contributed by atoms with Crippen molar-refractivity contribution in [2.24, 2.45) is 0 Å². The van der Waals surface area contributed by atoms with Crippen LogP contribution in [0.1, 0.15) is 36.0 Å². The molecule has 194 valence electrons. The number of amides is 1. The molecule has 0 N–H and O–H groups in total. The third kappa shape index (κ3) is 4.77. The number of hydrogen-bond donors (Lipinski definition) is 0. The molecule has 2 heterocycles. The van der Waals surface area contributed by atoms with Gasteiger partial charge >= 0.3 is 6.09 Å². The first-order valence-corrected chi connectivity index (χ1v) is 13.3. The highest BCUT2D eigenvalue weighted by atomic mass is 32.2. The van der Waals surface area contributed by atoms with Crippen molar-refractivity contribution in [1.82, 2.24) is 4.90 Å². The Morgan fingerprint density at radius 2 is 1.65 bits per heavy atom. The second kappa shape index (κ2) is 9.74. The monoisotopic (exact) mass is 530 g/mol. The van der Waals surface area contributed by atoms with Crippen LogP contribution in [0.5, 0.6) is 0 Å². The van der Waals surface area contributed by atoms with Crippen LogP contribution in [0.2, 0.25) is 0 Å². The Labute approximate surface area is 213 Å². The molecule has 1 spiro atoms. The molecule has 5 rings (SSSR count). The molecule has 1 saturated heterocycles. The number of fused-ring (bicyclic) bond motifs is 2. The number of alkyl halides is 2. The number of nitrogens with zero attached hydrogens (tertiary/aromatic N) is 2. The number of rotatable bonds is 5. The van der Waals surface area contributed by atoms with Gasteiger partial charge in [0.05, 0.1) is 10.6 Å². The molecule has 10 heteroatoms. The Balaban J connectivity index is 1.35. The minimum Gasteiger partial charge on any atom is -0.445 e. The van der Waals surface area contributed by atoms with Gasteiger partial charge in [-0.15, -0.1) is 0 Å². The van der Waals surface area contributed by atoms with Crippen molar-refractivity contribution >= 4 is 21.8 Å². The number of sulfonamides is 1. The van der Waals surface area contributed by atoms with Gasteiger partial charge in [0.25, 0.3) is 16.4 Å². The van der Waals surface area contributed by atoms with E-state index in [1.807, 2.05) is 30.3 Å². The minimum atomic E-state index is -4.09. The summed E-state index contributed by atoms with van der Waals surface area (Å²) in [5.74, 6) is -0.483. The Bertz CT molecular complexity index is 1390. The topological polar surface area (TPSA) is 66.9 Å². The van der Waals surface area contributed by atoms with E-state index in [4.69, 9.17) is 4.74 Å². The van der Waals surface area contributed by atoms with Gasteiger partial charge in [-0.1, -0.05) is 42.5 Å². The normalized spacial score (nSPS) is 16.8. The summed E-state index contributed by atoms with van der Waals surface area (Å²) in [5.41, 5.74) is 0.832. The lowest BCUT2D eigenvalue weighted by molar-refractivity contribution is 0.0791. The van der Waals surface area contributed by atoms with Crippen LogP contribution in [0.15, 0.2) is 77.7 Å². The van der Waals surface area contributed by atoms with Gasteiger partial charge in [0.2, 0.25) is 0 Å². The first-order chi connectivity index (χ1) is 17.7. The molecule has 0 aliphatic carbocycles. The number of piperidine rings is 1. The first-order valence-electron chi connectivity index (χ1n) is 11.9. The van der Waals surface area contributed by atoms with Crippen molar-refractivity contribution in [2.75, 3.05) is 23.9 Å². The Kier molecular flexibility index (Phi) is 6.61. The molecule has 0 aromatic heterocycles. The molecule has 3 aromatic rings. The number of anilines is 1. The average molecular weight is 531 g/mol. The van der Waals surface area contributed by atoms with E-state index >= 15 is 0 Å². The van der Waals surface area contributed by atoms with Crippen molar-refractivity contribution in [2.45, 2.75) is 36.2 Å². The van der Waals surface area contributed by atoms with Gasteiger partial charge in [0, 0.05) is 30.6 Å². The summed E-state index contributed by atoms with van der Waals surface area (Å²) in [5, 5.41) is 0. The van der Waals surface area contributed by atoms with Crippen LogP contribution in [0.3, 0.4) is 0 Å². The Hall–Kier alpha value is -3.53. The van der Waals surface area contributed by atoms with Crippen LogP contribution in [0.4, 0.5) is 23.7 Å². The van der Waals surface area contributed by atoms with Gasteiger partial charge in [-0.05, 0) is 54.3 Å². The van der Waals surface area contributed by atoms with Gasteiger partial charge in [0.1, 0.15) is 12.4 Å². The quantitative estimate of drug-likeness (QED) is 0.428. The maximum Gasteiger partial charge on any atom is 0.410 e. The molecular weight excluding hydrogens is 505 g/mol. The van der Waals surface area contributed by atoms with Crippen molar-refractivity contribution in [3.63, 3.8) is 0 Å². The molecule has 6 nitrogen and oxygen atoms in total. The molecule has 1 amide bonds. The fraction of sp³-hybridized carbons (Fsp3) is 0.296. The van der Waals surface area contributed by atoms with Gasteiger partial charge in [0.15, 0.2) is 0 Å². The van der Waals surface area contributed by atoms with Crippen LogP contribution in [-0.2, 0) is 26.8 Å². The second-order valence-electron chi connectivity index (χ2n) is 9.35. The first kappa shape index (κ1) is 25.1. The zero-order valence-electron chi connectivity index (χ0n) is 19.8. The van der Waals surface area contributed by atoms with E-state index in [0.29, 0.717) is 37.2 Å². The van der Waals surface area contributed by atoms with E-state index in [9.17, 15) is 26.4 Å². The Morgan fingerprint density at radius 3 is 2.30 bits per heavy atom. The highest BCUT2D eigenvalue weighted by Crippen LogP contribution is 2.49. The third-order valence-electron chi connectivity index (χ3n) is 7.15. The predicted molar refractivity (Wildman–Crippen MR) is 131 cm³/mol. The lowest BCUT2D eigenvalue weighted by Crippen LogP contribution is -2.48. The number of ether oxygens (including phenoxy) is 1. The van der Waals surface area contributed by atoms with Crippen molar-refractivity contribution in [1.29, 1.82) is 0 Å². The maximum absolute atomic E-state index is 14.3. The van der Waals surface area contributed by atoms with E-state index in [0.717, 1.165) is 29.8 Å². The average Bonchev–Trinajstić information content (AvgIpc) is 3.22. The zero-order valence-corrected chi connectivity index (χ0v) is 20.6. The Morgan fingerprint density at radius 1 is 0.973 bits per heavy atom. The number of hydrogen-bond acceptors (Lipinski definition) is 4. The summed E-state index contributed by atoms with van der Waals surface area (Å²) in [6.45, 7) is 0.852. The largest absolute Gasteiger partial charge is 0.445 e. The number of carbonyl (C=O) groups is 1. The molecule has 0 atom stereocenters. The number of carbonyl (C=O) groups excluding carboxylic acids is 1. The number of benzene rings is 3.